The van der Waals surface area contributed by atoms with Crippen LogP contribution in [0.15, 0.2) is 34.5 Å². The van der Waals surface area contributed by atoms with Crippen molar-refractivity contribution in [2.45, 2.75) is 52.4 Å². The minimum Gasteiger partial charge on any atom is -0.496 e. The van der Waals surface area contributed by atoms with Crippen molar-refractivity contribution in [3.8, 4) is 23.0 Å². The van der Waals surface area contributed by atoms with Crippen molar-refractivity contribution >= 4 is 34.2 Å². The topological polar surface area (TPSA) is 93.2 Å². The average Bonchev–Trinajstić information content (AvgIpc) is 3.56. The number of aromatic nitrogens is 2. The maximum atomic E-state index is 5.72. The zero-order chi connectivity index (χ0) is 29.2. The van der Waals surface area contributed by atoms with E-state index in [2.05, 4.69) is 61.5 Å². The average molecular weight is 547 g/mol. The van der Waals surface area contributed by atoms with Crippen LogP contribution in [-0.4, -0.2) is 63.9 Å². The number of methoxy groups -OCH3 is 4. The van der Waals surface area contributed by atoms with E-state index in [-0.39, 0.29) is 10.8 Å². The Labute approximate surface area is 236 Å². The van der Waals surface area contributed by atoms with Crippen LogP contribution in [-0.2, 0) is 10.8 Å². The molecule has 8 nitrogen and oxygen atoms in total. The van der Waals surface area contributed by atoms with Gasteiger partial charge in [0.2, 0.25) is 0 Å². The van der Waals surface area contributed by atoms with Crippen LogP contribution in [0.25, 0.3) is 21.8 Å². The van der Waals surface area contributed by atoms with Gasteiger partial charge in [-0.2, -0.15) is 0 Å². The number of rotatable bonds is 9. The molecule has 0 unspecified atom stereocenters. The molecule has 0 saturated carbocycles. The van der Waals surface area contributed by atoms with Gasteiger partial charge in [0.1, 0.15) is 23.0 Å². The Hall–Kier alpha value is -3.94. The molecule has 0 fully saturated rings. The third-order valence-electron chi connectivity index (χ3n) is 7.14. The lowest BCUT2D eigenvalue weighted by Gasteiger charge is -2.19. The number of ether oxygens (including phenoxy) is 4. The van der Waals surface area contributed by atoms with Crippen LogP contribution in [0.2, 0.25) is 0 Å². The molecule has 2 aromatic carbocycles. The molecule has 2 N–H and O–H groups in total. The van der Waals surface area contributed by atoms with Crippen molar-refractivity contribution in [2.24, 2.45) is 9.98 Å². The molecule has 0 aliphatic heterocycles. The Morgan fingerprint density at radius 1 is 0.600 bits per heavy atom. The Kier molecular flexibility index (Phi) is 8.19. The second kappa shape index (κ2) is 11.3. The number of aromatic amines is 2. The molecule has 0 spiro atoms. The summed E-state index contributed by atoms with van der Waals surface area (Å²) in [5.41, 5.74) is 5.92. The molecule has 40 heavy (non-hydrogen) atoms. The van der Waals surface area contributed by atoms with Gasteiger partial charge in [0.15, 0.2) is 0 Å². The molecular weight excluding hydrogens is 504 g/mol. The fourth-order valence-corrected chi connectivity index (χ4v) is 5.09. The quantitative estimate of drug-likeness (QED) is 0.178. The molecule has 214 valence electrons. The van der Waals surface area contributed by atoms with Gasteiger partial charge in [0.25, 0.3) is 0 Å². The Balaban J connectivity index is 1.61. The van der Waals surface area contributed by atoms with Crippen molar-refractivity contribution in [1.82, 2.24) is 9.97 Å². The summed E-state index contributed by atoms with van der Waals surface area (Å²) in [5.74, 6) is 2.95. The molecule has 4 aromatic rings. The van der Waals surface area contributed by atoms with Crippen LogP contribution in [0.3, 0.4) is 0 Å². The summed E-state index contributed by atoms with van der Waals surface area (Å²) in [5, 5.41) is 2.10. The number of fused-ring (bicyclic) bond motifs is 2. The van der Waals surface area contributed by atoms with Crippen molar-refractivity contribution < 1.29 is 18.9 Å². The van der Waals surface area contributed by atoms with E-state index in [1.807, 2.05) is 37.0 Å². The first-order chi connectivity index (χ1) is 19.0. The molecule has 4 rings (SSSR count). The number of hydrogen-bond acceptors (Lipinski definition) is 6. The second-order valence-electron chi connectivity index (χ2n) is 11.9. The summed E-state index contributed by atoms with van der Waals surface area (Å²) in [6.45, 7) is 14.2. The number of H-pyrrole nitrogens is 2. The molecular formula is C32H42N4O4. The van der Waals surface area contributed by atoms with Gasteiger partial charge in [-0.3, -0.25) is 9.98 Å². The summed E-state index contributed by atoms with van der Waals surface area (Å²) < 4.78 is 22.8. The first-order valence-electron chi connectivity index (χ1n) is 13.5. The van der Waals surface area contributed by atoms with Crippen LogP contribution >= 0.6 is 0 Å². The van der Waals surface area contributed by atoms with Gasteiger partial charge >= 0.3 is 0 Å². The fourth-order valence-electron chi connectivity index (χ4n) is 5.09. The molecule has 2 aromatic heterocycles. The SMILES string of the molecule is COc1cc(OC)c2c(C(C)(C)C)c[nH]c2c1C=NCCN=Cc1c(OC)cc(OC)c2c(C(C)(C)C)c[nH]c12. The summed E-state index contributed by atoms with van der Waals surface area (Å²) in [6.07, 6.45) is 7.80. The van der Waals surface area contributed by atoms with E-state index in [0.29, 0.717) is 24.6 Å². The van der Waals surface area contributed by atoms with Gasteiger partial charge in [-0.1, -0.05) is 41.5 Å². The number of hydrogen-bond donors (Lipinski definition) is 2. The number of nitrogens with one attached hydrogen (secondary N) is 2. The van der Waals surface area contributed by atoms with Crippen molar-refractivity contribution in [2.75, 3.05) is 41.5 Å². The molecule has 0 aliphatic carbocycles. The van der Waals surface area contributed by atoms with E-state index >= 15 is 0 Å². The first-order valence-corrected chi connectivity index (χ1v) is 13.5. The largest absolute Gasteiger partial charge is 0.496 e. The van der Waals surface area contributed by atoms with E-state index in [1.165, 1.54) is 11.1 Å². The first kappa shape index (κ1) is 29.1. The summed E-state index contributed by atoms with van der Waals surface area (Å²) >= 11 is 0. The van der Waals surface area contributed by atoms with Gasteiger partial charge in [-0.25, -0.2) is 0 Å². The smallest absolute Gasteiger partial charge is 0.133 e. The van der Waals surface area contributed by atoms with Crippen molar-refractivity contribution in [3.63, 3.8) is 0 Å². The van der Waals surface area contributed by atoms with E-state index < -0.39 is 0 Å². The highest BCUT2D eigenvalue weighted by Gasteiger charge is 2.25. The molecule has 0 atom stereocenters. The molecule has 0 bridgehead atoms. The number of nitrogens with zero attached hydrogens (tertiary/aromatic N) is 2. The zero-order valence-electron chi connectivity index (χ0n) is 25.4. The van der Waals surface area contributed by atoms with E-state index in [4.69, 9.17) is 18.9 Å². The summed E-state index contributed by atoms with van der Waals surface area (Å²) in [4.78, 5) is 16.2. The lowest BCUT2D eigenvalue weighted by molar-refractivity contribution is 0.397. The molecule has 0 aliphatic rings. The zero-order valence-corrected chi connectivity index (χ0v) is 25.4. The predicted octanol–water partition coefficient (Wildman–Crippen LogP) is 6.82. The fraction of sp³-hybridized carbons (Fsp3) is 0.438. The van der Waals surface area contributed by atoms with Gasteiger partial charge in [0, 0.05) is 47.7 Å². The Bertz CT molecular complexity index is 1440. The Morgan fingerprint density at radius 2 is 0.950 bits per heavy atom. The van der Waals surface area contributed by atoms with Gasteiger partial charge in [-0.05, 0) is 22.0 Å². The predicted molar refractivity (Wildman–Crippen MR) is 165 cm³/mol. The van der Waals surface area contributed by atoms with Crippen molar-refractivity contribution in [3.05, 3.63) is 46.8 Å². The van der Waals surface area contributed by atoms with E-state index in [9.17, 15) is 0 Å². The van der Waals surface area contributed by atoms with Crippen LogP contribution < -0.4 is 18.9 Å². The van der Waals surface area contributed by atoms with Crippen LogP contribution in [0.1, 0.15) is 63.8 Å². The van der Waals surface area contributed by atoms with Gasteiger partial charge in [-0.15, -0.1) is 0 Å². The molecule has 8 heteroatoms. The van der Waals surface area contributed by atoms with E-state index in [0.717, 1.165) is 44.4 Å². The monoisotopic (exact) mass is 546 g/mol. The normalized spacial score (nSPS) is 12.8. The highest BCUT2D eigenvalue weighted by molar-refractivity contribution is 6.06. The van der Waals surface area contributed by atoms with Gasteiger partial charge in [0.05, 0.1) is 63.7 Å². The van der Waals surface area contributed by atoms with E-state index in [1.54, 1.807) is 28.4 Å². The molecule has 0 amide bonds. The number of benzene rings is 2. The lowest BCUT2D eigenvalue weighted by atomic mass is 9.86. The minimum absolute atomic E-state index is 0.0516. The highest BCUT2D eigenvalue weighted by Crippen LogP contribution is 2.42. The third-order valence-corrected chi connectivity index (χ3v) is 7.14. The van der Waals surface area contributed by atoms with Crippen LogP contribution in [0.5, 0.6) is 23.0 Å². The number of aliphatic imine (C=N–C) groups is 2. The third kappa shape index (κ3) is 5.40. The highest BCUT2D eigenvalue weighted by atomic mass is 16.5. The molecule has 2 heterocycles. The lowest BCUT2D eigenvalue weighted by Crippen LogP contribution is -2.10. The van der Waals surface area contributed by atoms with Crippen LogP contribution in [0.4, 0.5) is 0 Å². The Morgan fingerprint density at radius 3 is 1.25 bits per heavy atom. The maximum Gasteiger partial charge on any atom is 0.133 e. The van der Waals surface area contributed by atoms with Crippen molar-refractivity contribution in [1.29, 1.82) is 0 Å². The summed E-state index contributed by atoms with van der Waals surface area (Å²) in [6, 6.07) is 3.85. The summed E-state index contributed by atoms with van der Waals surface area (Å²) in [7, 11) is 6.68. The maximum absolute atomic E-state index is 5.72. The standard InChI is InChI=1S/C32H42N4O4/c1-31(2,3)21-17-35-29-19(23(37-7)13-25(39-9)27(21)29)15-33-11-12-34-16-20-24(38-8)14-26(40-10)28-22(32(4,5)6)18-36-30(20)28/h13-18,35-36H,11-12H2,1-10H3. The molecule has 0 radical (unpaired) electrons. The second-order valence-corrected chi connectivity index (χ2v) is 11.9. The van der Waals surface area contributed by atoms with Crippen LogP contribution in [0, 0.1) is 0 Å². The minimum atomic E-state index is -0.0516. The molecule has 0 saturated heterocycles. The van der Waals surface area contributed by atoms with Gasteiger partial charge < -0.3 is 28.9 Å².